The summed E-state index contributed by atoms with van der Waals surface area (Å²) in [7, 11) is -4.17. The van der Waals surface area contributed by atoms with Crippen molar-refractivity contribution in [1.82, 2.24) is 4.31 Å². The Kier molecular flexibility index (Phi) is 4.60. The minimum Gasteiger partial charge on any atom is -0.330 e. The minimum atomic E-state index is -4.70. The van der Waals surface area contributed by atoms with E-state index in [4.69, 9.17) is 5.73 Å². The van der Waals surface area contributed by atoms with Gasteiger partial charge in [-0.1, -0.05) is 12.1 Å². The molecule has 1 aromatic carbocycles. The maximum Gasteiger partial charge on any atom is 0.417 e. The molecule has 1 saturated carbocycles. The topological polar surface area (TPSA) is 63.4 Å². The van der Waals surface area contributed by atoms with Crippen molar-refractivity contribution in [1.29, 1.82) is 0 Å². The third kappa shape index (κ3) is 3.56. The lowest BCUT2D eigenvalue weighted by atomic mass is 10.2. The van der Waals surface area contributed by atoms with Gasteiger partial charge in [-0.25, -0.2) is 8.42 Å². The first kappa shape index (κ1) is 16.3. The van der Waals surface area contributed by atoms with Gasteiger partial charge in [-0.3, -0.25) is 0 Å². The van der Waals surface area contributed by atoms with E-state index in [1.807, 2.05) is 0 Å². The molecule has 0 aromatic heterocycles. The van der Waals surface area contributed by atoms with E-state index >= 15 is 0 Å². The van der Waals surface area contributed by atoms with Gasteiger partial charge in [0, 0.05) is 12.6 Å². The summed E-state index contributed by atoms with van der Waals surface area (Å²) in [6.07, 6.45) is -2.92. The molecule has 1 aliphatic rings. The standard InChI is InChI=1S/C13H17F3N2O2S/c14-13(15,16)11-4-1-2-5-12(11)21(19,20)18(9-3-8-17)10-6-7-10/h1-2,4-5,10H,3,6-9,17H2. The van der Waals surface area contributed by atoms with Crippen molar-refractivity contribution in [3.8, 4) is 0 Å². The molecule has 1 fully saturated rings. The number of alkyl halides is 3. The number of nitrogens with zero attached hydrogens (tertiary/aromatic N) is 1. The highest BCUT2D eigenvalue weighted by Crippen LogP contribution is 2.38. The van der Waals surface area contributed by atoms with Crippen LogP contribution in [0.3, 0.4) is 0 Å². The SMILES string of the molecule is NCCCN(C1CC1)S(=O)(=O)c1ccccc1C(F)(F)F. The van der Waals surface area contributed by atoms with E-state index in [1.54, 1.807) is 0 Å². The van der Waals surface area contributed by atoms with Crippen LogP contribution in [0.25, 0.3) is 0 Å². The molecule has 0 saturated heterocycles. The molecular formula is C13H17F3N2O2S. The fraction of sp³-hybridized carbons (Fsp3) is 0.538. The van der Waals surface area contributed by atoms with Crippen LogP contribution in [0, 0.1) is 0 Å². The summed E-state index contributed by atoms with van der Waals surface area (Å²) in [5.74, 6) is 0. The highest BCUT2D eigenvalue weighted by molar-refractivity contribution is 7.89. The lowest BCUT2D eigenvalue weighted by Crippen LogP contribution is -2.36. The molecule has 2 rings (SSSR count). The highest BCUT2D eigenvalue weighted by atomic mass is 32.2. The number of rotatable bonds is 6. The Bertz CT molecular complexity index is 598. The Balaban J connectivity index is 2.43. The van der Waals surface area contributed by atoms with Crippen molar-refractivity contribution in [3.05, 3.63) is 29.8 Å². The van der Waals surface area contributed by atoms with Gasteiger partial charge in [-0.2, -0.15) is 17.5 Å². The van der Waals surface area contributed by atoms with Crippen LogP contribution in [0.5, 0.6) is 0 Å². The molecule has 4 nitrogen and oxygen atoms in total. The molecule has 0 radical (unpaired) electrons. The minimum absolute atomic E-state index is 0.149. The molecule has 1 aliphatic carbocycles. The average Bonchev–Trinajstić information content (AvgIpc) is 3.22. The van der Waals surface area contributed by atoms with Crippen LogP contribution in [0.4, 0.5) is 13.2 Å². The Morgan fingerprint density at radius 1 is 1.24 bits per heavy atom. The number of hydrogen-bond acceptors (Lipinski definition) is 3. The van der Waals surface area contributed by atoms with E-state index in [9.17, 15) is 21.6 Å². The second-order valence-electron chi connectivity index (χ2n) is 4.98. The lowest BCUT2D eigenvalue weighted by molar-refractivity contribution is -0.139. The predicted octanol–water partition coefficient (Wildman–Crippen LogP) is 2.21. The summed E-state index contributed by atoms with van der Waals surface area (Å²) < 4.78 is 65.3. The molecule has 0 spiro atoms. The first-order chi connectivity index (χ1) is 9.78. The smallest absolute Gasteiger partial charge is 0.330 e. The van der Waals surface area contributed by atoms with E-state index in [2.05, 4.69) is 0 Å². The van der Waals surface area contributed by atoms with Gasteiger partial charge in [0.05, 0.1) is 10.5 Å². The average molecular weight is 322 g/mol. The zero-order valence-corrected chi connectivity index (χ0v) is 12.1. The van der Waals surface area contributed by atoms with Gasteiger partial charge in [0.2, 0.25) is 10.0 Å². The zero-order chi connectivity index (χ0) is 15.7. The molecule has 0 bridgehead atoms. The first-order valence-corrected chi connectivity index (χ1v) is 8.10. The largest absolute Gasteiger partial charge is 0.417 e. The van der Waals surface area contributed by atoms with Crippen LogP contribution >= 0.6 is 0 Å². The molecule has 2 N–H and O–H groups in total. The van der Waals surface area contributed by atoms with Crippen LogP contribution in [-0.4, -0.2) is 31.9 Å². The van der Waals surface area contributed by atoms with Crippen molar-refractivity contribution in [2.75, 3.05) is 13.1 Å². The van der Waals surface area contributed by atoms with Gasteiger partial charge in [0.15, 0.2) is 0 Å². The molecule has 1 aromatic rings. The van der Waals surface area contributed by atoms with E-state index in [1.165, 1.54) is 12.1 Å². The Hall–Kier alpha value is -1.12. The quantitative estimate of drug-likeness (QED) is 0.873. The third-order valence-corrected chi connectivity index (χ3v) is 5.33. The van der Waals surface area contributed by atoms with Gasteiger partial charge >= 0.3 is 6.18 Å². The predicted molar refractivity (Wildman–Crippen MR) is 72.0 cm³/mol. The molecule has 118 valence electrons. The van der Waals surface area contributed by atoms with Crippen molar-refractivity contribution < 1.29 is 21.6 Å². The monoisotopic (exact) mass is 322 g/mol. The second-order valence-corrected chi connectivity index (χ2v) is 6.84. The van der Waals surface area contributed by atoms with Gasteiger partial charge in [-0.15, -0.1) is 0 Å². The van der Waals surface area contributed by atoms with E-state index < -0.39 is 26.7 Å². The number of hydrogen-bond donors (Lipinski definition) is 1. The van der Waals surface area contributed by atoms with E-state index in [-0.39, 0.29) is 12.6 Å². The van der Waals surface area contributed by atoms with Crippen LogP contribution in [0.15, 0.2) is 29.2 Å². The molecule has 0 amide bonds. The van der Waals surface area contributed by atoms with E-state index in [0.29, 0.717) is 25.8 Å². The van der Waals surface area contributed by atoms with Gasteiger partial charge in [0.1, 0.15) is 0 Å². The number of nitrogens with two attached hydrogens (primary N) is 1. The first-order valence-electron chi connectivity index (χ1n) is 6.66. The maximum absolute atomic E-state index is 13.0. The second kappa shape index (κ2) is 5.94. The summed E-state index contributed by atoms with van der Waals surface area (Å²) >= 11 is 0. The van der Waals surface area contributed by atoms with Gasteiger partial charge < -0.3 is 5.73 Å². The summed E-state index contributed by atoms with van der Waals surface area (Å²) in [5, 5.41) is 0. The lowest BCUT2D eigenvalue weighted by Gasteiger charge is -2.23. The zero-order valence-electron chi connectivity index (χ0n) is 11.3. The van der Waals surface area contributed by atoms with Crippen LogP contribution in [0.1, 0.15) is 24.8 Å². The summed E-state index contributed by atoms with van der Waals surface area (Å²) in [5.41, 5.74) is 4.26. The number of benzene rings is 1. The Labute approximate surface area is 121 Å². The fourth-order valence-corrected chi connectivity index (χ4v) is 4.10. The van der Waals surface area contributed by atoms with Crippen molar-refractivity contribution >= 4 is 10.0 Å². The Morgan fingerprint density at radius 3 is 2.38 bits per heavy atom. The molecule has 0 unspecified atom stereocenters. The molecule has 21 heavy (non-hydrogen) atoms. The summed E-state index contributed by atoms with van der Waals surface area (Å²) in [4.78, 5) is -0.679. The summed E-state index contributed by atoms with van der Waals surface area (Å²) in [6, 6.07) is 4.08. The molecule has 8 heteroatoms. The number of halogens is 3. The van der Waals surface area contributed by atoms with Crippen LogP contribution in [-0.2, 0) is 16.2 Å². The normalized spacial score (nSPS) is 16.4. The van der Waals surface area contributed by atoms with Crippen molar-refractivity contribution in [3.63, 3.8) is 0 Å². The van der Waals surface area contributed by atoms with Crippen molar-refractivity contribution in [2.45, 2.75) is 36.4 Å². The van der Waals surface area contributed by atoms with Crippen LogP contribution in [0.2, 0.25) is 0 Å². The van der Waals surface area contributed by atoms with Gasteiger partial charge in [0.25, 0.3) is 0 Å². The van der Waals surface area contributed by atoms with Crippen LogP contribution < -0.4 is 5.73 Å². The molecule has 0 atom stereocenters. The summed E-state index contributed by atoms with van der Waals surface area (Å²) in [6.45, 7) is 0.440. The Morgan fingerprint density at radius 2 is 1.86 bits per heavy atom. The van der Waals surface area contributed by atoms with E-state index in [0.717, 1.165) is 16.4 Å². The van der Waals surface area contributed by atoms with Gasteiger partial charge in [-0.05, 0) is 37.9 Å². The molecule has 0 heterocycles. The maximum atomic E-state index is 13.0. The van der Waals surface area contributed by atoms with Crippen molar-refractivity contribution in [2.24, 2.45) is 5.73 Å². The molecular weight excluding hydrogens is 305 g/mol. The molecule has 0 aliphatic heterocycles. The number of sulfonamides is 1. The third-order valence-electron chi connectivity index (χ3n) is 3.32. The highest BCUT2D eigenvalue weighted by Gasteiger charge is 2.42. The fourth-order valence-electron chi connectivity index (χ4n) is 2.16.